The van der Waals surface area contributed by atoms with Crippen LogP contribution in [0, 0.1) is 11.6 Å². The number of benzene rings is 2. The molecule has 1 aliphatic rings. The lowest BCUT2D eigenvalue weighted by Gasteiger charge is -2.29. The Balaban J connectivity index is 0.000000454. The molecule has 2 aromatic carbocycles. The van der Waals surface area contributed by atoms with E-state index in [1.807, 2.05) is 4.90 Å². The first-order valence-corrected chi connectivity index (χ1v) is 10.3. The number of carboxylic acid groups (broad SMARTS) is 1. The van der Waals surface area contributed by atoms with E-state index >= 15 is 0 Å². The van der Waals surface area contributed by atoms with Crippen molar-refractivity contribution in [1.29, 1.82) is 0 Å². The van der Waals surface area contributed by atoms with Crippen molar-refractivity contribution in [1.82, 2.24) is 9.97 Å². The number of anilines is 1. The molecule has 0 unspecified atom stereocenters. The van der Waals surface area contributed by atoms with E-state index in [-0.39, 0.29) is 11.7 Å². The Morgan fingerprint density at radius 3 is 2.39 bits per heavy atom. The molecule has 1 N–H and O–H groups in total. The highest BCUT2D eigenvalue weighted by Crippen LogP contribution is 2.30. The Bertz CT molecular complexity index is 1200. The number of aliphatic carboxylic acids is 1. The van der Waals surface area contributed by atoms with Crippen LogP contribution in [0.1, 0.15) is 0 Å². The van der Waals surface area contributed by atoms with E-state index in [1.165, 1.54) is 12.1 Å². The number of alkyl halides is 3. The van der Waals surface area contributed by atoms with Crippen LogP contribution >= 0.6 is 0 Å². The number of aromatic nitrogens is 2. The van der Waals surface area contributed by atoms with Crippen molar-refractivity contribution < 1.29 is 46.1 Å². The summed E-state index contributed by atoms with van der Waals surface area (Å²) in [5.74, 6) is -2.86. The average molecular weight is 513 g/mol. The Hall–Kier alpha value is -4.00. The van der Waals surface area contributed by atoms with Crippen LogP contribution in [0.15, 0.2) is 48.7 Å². The topological polar surface area (TPSA) is 94.0 Å². The number of morpholine rings is 1. The molecule has 0 radical (unpaired) electrons. The van der Waals surface area contributed by atoms with Crippen LogP contribution in [0.4, 0.5) is 27.6 Å². The van der Waals surface area contributed by atoms with E-state index in [4.69, 9.17) is 24.1 Å². The van der Waals surface area contributed by atoms with Crippen molar-refractivity contribution in [2.45, 2.75) is 6.18 Å². The van der Waals surface area contributed by atoms with E-state index in [0.717, 1.165) is 6.20 Å². The molecule has 1 aliphatic heterocycles. The second-order valence-corrected chi connectivity index (χ2v) is 7.23. The normalized spacial score (nSPS) is 13.4. The lowest BCUT2D eigenvalue weighted by molar-refractivity contribution is -0.192. The Kier molecular flexibility index (Phi) is 8.59. The maximum atomic E-state index is 14.5. The number of carbonyl (C=O) groups is 1. The van der Waals surface area contributed by atoms with Gasteiger partial charge in [0, 0.05) is 30.4 Å². The lowest BCUT2D eigenvalue weighted by atomic mass is 10.1. The van der Waals surface area contributed by atoms with Gasteiger partial charge in [-0.15, -0.1) is 0 Å². The van der Waals surface area contributed by atoms with Gasteiger partial charge in [0.05, 0.1) is 26.5 Å². The first-order chi connectivity index (χ1) is 17.1. The van der Waals surface area contributed by atoms with Gasteiger partial charge >= 0.3 is 18.2 Å². The third-order valence-corrected chi connectivity index (χ3v) is 4.75. The molecule has 8 nitrogen and oxygen atoms in total. The number of methoxy groups -OCH3 is 1. The van der Waals surface area contributed by atoms with Gasteiger partial charge in [0.1, 0.15) is 23.0 Å². The summed E-state index contributed by atoms with van der Waals surface area (Å²) >= 11 is 0. The second kappa shape index (κ2) is 11.6. The highest BCUT2D eigenvalue weighted by molar-refractivity contribution is 5.73. The van der Waals surface area contributed by atoms with Crippen LogP contribution in [0.2, 0.25) is 0 Å². The van der Waals surface area contributed by atoms with Crippen LogP contribution in [0.5, 0.6) is 17.5 Å². The zero-order chi connectivity index (χ0) is 26.3. The molecule has 36 heavy (non-hydrogen) atoms. The Morgan fingerprint density at radius 2 is 1.75 bits per heavy atom. The molecule has 3 aromatic rings. The van der Waals surface area contributed by atoms with Gasteiger partial charge in [0.25, 0.3) is 0 Å². The fraction of sp³-hybridized carbons (Fsp3) is 0.261. The number of halogens is 5. The largest absolute Gasteiger partial charge is 0.497 e. The number of hydrogen-bond donors (Lipinski definition) is 1. The minimum absolute atomic E-state index is 0.0353. The molecule has 13 heteroatoms. The van der Waals surface area contributed by atoms with Crippen LogP contribution in [-0.4, -0.2) is 60.6 Å². The van der Waals surface area contributed by atoms with Gasteiger partial charge < -0.3 is 24.2 Å². The predicted octanol–water partition coefficient (Wildman–Crippen LogP) is 4.69. The van der Waals surface area contributed by atoms with Gasteiger partial charge in [0.2, 0.25) is 0 Å². The number of nitrogens with zero attached hydrogens (tertiary/aromatic N) is 3. The summed E-state index contributed by atoms with van der Waals surface area (Å²) < 4.78 is 76.6. The molecule has 192 valence electrons. The molecule has 0 bridgehead atoms. The van der Waals surface area contributed by atoms with Gasteiger partial charge in [0.15, 0.2) is 5.82 Å². The summed E-state index contributed by atoms with van der Waals surface area (Å²) in [6.45, 7) is 2.40. The van der Waals surface area contributed by atoms with E-state index in [1.54, 1.807) is 37.4 Å². The molecule has 4 rings (SSSR count). The quantitative estimate of drug-likeness (QED) is 0.491. The molecular formula is C23H20F5N3O5. The lowest BCUT2D eigenvalue weighted by Crippen LogP contribution is -2.36. The molecule has 0 saturated carbocycles. The van der Waals surface area contributed by atoms with Crippen LogP contribution in [0.3, 0.4) is 0 Å². The molecule has 0 spiro atoms. The van der Waals surface area contributed by atoms with Gasteiger partial charge in [-0.1, -0.05) is 6.07 Å². The summed E-state index contributed by atoms with van der Waals surface area (Å²) in [5, 5.41) is 7.12. The molecule has 1 fully saturated rings. The van der Waals surface area contributed by atoms with Gasteiger partial charge in [-0.05, 0) is 30.3 Å². The van der Waals surface area contributed by atoms with Crippen molar-refractivity contribution in [3.8, 4) is 28.8 Å². The van der Waals surface area contributed by atoms with Gasteiger partial charge in [-0.25, -0.2) is 18.6 Å². The van der Waals surface area contributed by atoms with E-state index in [0.29, 0.717) is 49.1 Å². The van der Waals surface area contributed by atoms with Crippen molar-refractivity contribution >= 4 is 11.7 Å². The smallest absolute Gasteiger partial charge is 0.490 e. The molecule has 0 atom stereocenters. The molecule has 2 heterocycles. The zero-order valence-corrected chi connectivity index (χ0v) is 18.8. The molecular weight excluding hydrogens is 493 g/mol. The molecule has 0 amide bonds. The van der Waals surface area contributed by atoms with Crippen molar-refractivity contribution in [2.75, 3.05) is 38.3 Å². The summed E-state index contributed by atoms with van der Waals surface area (Å²) in [6, 6.07) is 11.2. The Labute approximate surface area is 201 Å². The SMILES string of the molecule is COc1cccc(Oc2ncc(F)c(-c3cc(F)cc(N4CCOCC4)c3)n2)c1.O=C(O)C(F)(F)F. The predicted molar refractivity (Wildman–Crippen MR) is 117 cm³/mol. The monoisotopic (exact) mass is 513 g/mol. The van der Waals surface area contributed by atoms with Gasteiger partial charge in [-0.3, -0.25) is 0 Å². The van der Waals surface area contributed by atoms with Crippen LogP contribution in [-0.2, 0) is 9.53 Å². The highest BCUT2D eigenvalue weighted by atomic mass is 19.4. The van der Waals surface area contributed by atoms with Gasteiger partial charge in [-0.2, -0.15) is 18.2 Å². The summed E-state index contributed by atoms with van der Waals surface area (Å²) in [5.41, 5.74) is 0.922. The minimum Gasteiger partial charge on any atom is -0.497 e. The molecule has 0 aliphatic carbocycles. The summed E-state index contributed by atoms with van der Waals surface area (Å²) in [6.07, 6.45) is -4.07. The number of rotatable bonds is 5. The first kappa shape index (κ1) is 26.6. The van der Waals surface area contributed by atoms with Crippen LogP contribution in [0.25, 0.3) is 11.3 Å². The van der Waals surface area contributed by atoms with E-state index < -0.39 is 23.8 Å². The highest BCUT2D eigenvalue weighted by Gasteiger charge is 2.38. The Morgan fingerprint density at radius 1 is 1.08 bits per heavy atom. The standard InChI is InChI=1S/C21H19F2N3O3.C2HF3O2/c1-27-17-3-2-4-18(12-17)29-21-24-13-19(23)20(25-21)14-9-15(22)11-16(10-14)26-5-7-28-8-6-26;3-2(4,5)1(6)7/h2-4,9-13H,5-8H2,1H3;(H,6,7). The third-order valence-electron chi connectivity index (χ3n) is 4.75. The zero-order valence-electron chi connectivity index (χ0n) is 18.8. The maximum absolute atomic E-state index is 14.5. The average Bonchev–Trinajstić information content (AvgIpc) is 2.85. The first-order valence-electron chi connectivity index (χ1n) is 10.3. The fourth-order valence-corrected chi connectivity index (χ4v) is 3.09. The second-order valence-electron chi connectivity index (χ2n) is 7.23. The summed E-state index contributed by atoms with van der Waals surface area (Å²) in [7, 11) is 1.54. The number of hydrogen-bond acceptors (Lipinski definition) is 7. The van der Waals surface area contributed by atoms with E-state index in [9.17, 15) is 22.0 Å². The third kappa shape index (κ3) is 7.25. The van der Waals surface area contributed by atoms with Crippen molar-refractivity contribution in [2.24, 2.45) is 0 Å². The fourth-order valence-electron chi connectivity index (χ4n) is 3.09. The molecule has 1 aromatic heterocycles. The minimum atomic E-state index is -5.08. The van der Waals surface area contributed by atoms with Crippen LogP contribution < -0.4 is 14.4 Å². The van der Waals surface area contributed by atoms with Crippen molar-refractivity contribution in [3.63, 3.8) is 0 Å². The molecule has 1 saturated heterocycles. The maximum Gasteiger partial charge on any atom is 0.490 e. The number of carboxylic acids is 1. The number of ether oxygens (including phenoxy) is 3. The van der Waals surface area contributed by atoms with Crippen molar-refractivity contribution in [3.05, 3.63) is 60.3 Å². The van der Waals surface area contributed by atoms with E-state index in [2.05, 4.69) is 9.97 Å². The summed E-state index contributed by atoms with van der Waals surface area (Å²) in [4.78, 5) is 18.9.